The maximum atomic E-state index is 3.40. The molecule has 1 aromatic carbocycles. The number of rotatable bonds is 3. The van der Waals surface area contributed by atoms with Gasteiger partial charge < -0.3 is 5.32 Å². The molecule has 0 aromatic heterocycles. The van der Waals surface area contributed by atoms with Gasteiger partial charge in [-0.1, -0.05) is 18.2 Å². The van der Waals surface area contributed by atoms with Crippen LogP contribution in [0.15, 0.2) is 30.3 Å². The van der Waals surface area contributed by atoms with E-state index in [1.54, 1.807) is 0 Å². The topological polar surface area (TPSA) is 12.0 Å². The lowest BCUT2D eigenvalue weighted by Crippen LogP contribution is -2.09. The third-order valence-electron chi connectivity index (χ3n) is 2.75. The van der Waals surface area contributed by atoms with E-state index in [4.69, 9.17) is 0 Å². The first-order valence-corrected chi connectivity index (χ1v) is 5.82. The number of allylic oxidation sites excluding steroid dienone is 2. The van der Waals surface area contributed by atoms with Gasteiger partial charge >= 0.3 is 0 Å². The third-order valence-corrected chi connectivity index (χ3v) is 2.75. The van der Waals surface area contributed by atoms with Gasteiger partial charge in [-0.25, -0.2) is 0 Å². The number of hydrogen-bond donors (Lipinski definition) is 1. The van der Waals surface area contributed by atoms with Gasteiger partial charge in [0.15, 0.2) is 0 Å². The summed E-state index contributed by atoms with van der Waals surface area (Å²) in [4.78, 5) is 0. The summed E-state index contributed by atoms with van der Waals surface area (Å²) < 4.78 is 0. The highest BCUT2D eigenvalue weighted by Gasteiger charge is 2.06. The molecule has 1 nitrogen and oxygen atoms in total. The van der Waals surface area contributed by atoms with Crippen molar-refractivity contribution < 1.29 is 0 Å². The van der Waals surface area contributed by atoms with Crippen molar-refractivity contribution in [2.24, 2.45) is 0 Å². The van der Waals surface area contributed by atoms with Gasteiger partial charge in [-0.15, -0.1) is 0 Å². The standard InChI is InChI=1S/C14H19N/c1-11(2)15-14-9-7-13(8-10-14)12-5-3-4-6-12/h5,7-11,15H,3-4,6H2,1-2H3. The maximum Gasteiger partial charge on any atom is 0.0342 e. The van der Waals surface area contributed by atoms with E-state index in [2.05, 4.69) is 49.5 Å². The van der Waals surface area contributed by atoms with E-state index in [-0.39, 0.29) is 0 Å². The number of benzene rings is 1. The summed E-state index contributed by atoms with van der Waals surface area (Å²) in [5.41, 5.74) is 4.13. The number of hydrogen-bond acceptors (Lipinski definition) is 1. The Kier molecular flexibility index (Phi) is 3.10. The second-order valence-corrected chi connectivity index (χ2v) is 4.50. The average Bonchev–Trinajstić information content (AvgIpc) is 2.71. The molecule has 0 aliphatic heterocycles. The van der Waals surface area contributed by atoms with Gasteiger partial charge in [0.1, 0.15) is 0 Å². The normalized spacial score (nSPS) is 15.5. The molecule has 2 rings (SSSR count). The van der Waals surface area contributed by atoms with Crippen LogP contribution in [0.2, 0.25) is 0 Å². The molecule has 0 radical (unpaired) electrons. The maximum absolute atomic E-state index is 3.40. The zero-order valence-corrected chi connectivity index (χ0v) is 9.59. The molecule has 0 spiro atoms. The first-order chi connectivity index (χ1) is 7.25. The van der Waals surface area contributed by atoms with Gasteiger partial charge in [-0.05, 0) is 56.4 Å². The van der Waals surface area contributed by atoms with Crippen molar-refractivity contribution in [3.8, 4) is 0 Å². The van der Waals surface area contributed by atoms with Crippen LogP contribution in [0.3, 0.4) is 0 Å². The Morgan fingerprint density at radius 3 is 2.40 bits per heavy atom. The summed E-state index contributed by atoms with van der Waals surface area (Å²) in [6, 6.07) is 9.30. The van der Waals surface area contributed by atoms with Gasteiger partial charge in [0, 0.05) is 11.7 Å². The summed E-state index contributed by atoms with van der Waals surface area (Å²) in [5, 5.41) is 3.40. The van der Waals surface area contributed by atoms with E-state index in [9.17, 15) is 0 Å². The van der Waals surface area contributed by atoms with Crippen LogP contribution >= 0.6 is 0 Å². The lowest BCUT2D eigenvalue weighted by Gasteiger charge is -2.10. The summed E-state index contributed by atoms with van der Waals surface area (Å²) >= 11 is 0. The van der Waals surface area contributed by atoms with E-state index in [1.807, 2.05) is 0 Å². The molecule has 0 heterocycles. The molecule has 0 amide bonds. The second-order valence-electron chi connectivity index (χ2n) is 4.50. The first-order valence-electron chi connectivity index (χ1n) is 5.82. The van der Waals surface area contributed by atoms with Crippen molar-refractivity contribution in [2.45, 2.75) is 39.2 Å². The fraction of sp³-hybridized carbons (Fsp3) is 0.429. The molecule has 0 bridgehead atoms. The zero-order valence-electron chi connectivity index (χ0n) is 9.59. The Morgan fingerprint density at radius 1 is 1.13 bits per heavy atom. The molecule has 0 saturated carbocycles. The van der Waals surface area contributed by atoms with Crippen LogP contribution in [0.5, 0.6) is 0 Å². The van der Waals surface area contributed by atoms with Crippen LogP contribution in [0.25, 0.3) is 5.57 Å². The SMILES string of the molecule is CC(C)Nc1ccc(C2=CCCC2)cc1. The van der Waals surface area contributed by atoms with E-state index in [0.717, 1.165) is 0 Å². The van der Waals surface area contributed by atoms with E-state index >= 15 is 0 Å². The summed E-state index contributed by atoms with van der Waals surface area (Å²) in [7, 11) is 0. The van der Waals surface area contributed by atoms with Crippen LogP contribution < -0.4 is 5.32 Å². The second kappa shape index (κ2) is 4.52. The molecule has 1 aromatic rings. The summed E-state index contributed by atoms with van der Waals surface area (Å²) in [6.07, 6.45) is 6.19. The average molecular weight is 201 g/mol. The van der Waals surface area contributed by atoms with Gasteiger partial charge in [0.05, 0.1) is 0 Å². The zero-order chi connectivity index (χ0) is 10.7. The van der Waals surface area contributed by atoms with Crippen molar-refractivity contribution in [3.63, 3.8) is 0 Å². The van der Waals surface area contributed by atoms with Crippen molar-refractivity contribution >= 4 is 11.3 Å². The van der Waals surface area contributed by atoms with Crippen LogP contribution in [0.4, 0.5) is 5.69 Å². The van der Waals surface area contributed by atoms with Crippen molar-refractivity contribution in [1.82, 2.24) is 0 Å². The summed E-state index contributed by atoms with van der Waals surface area (Å²) in [5.74, 6) is 0. The van der Waals surface area contributed by atoms with Gasteiger partial charge in [-0.3, -0.25) is 0 Å². The first kappa shape index (κ1) is 10.3. The predicted molar refractivity (Wildman–Crippen MR) is 67.0 cm³/mol. The lowest BCUT2D eigenvalue weighted by atomic mass is 10.1. The van der Waals surface area contributed by atoms with Gasteiger partial charge in [-0.2, -0.15) is 0 Å². The molecule has 1 aliphatic carbocycles. The molecule has 0 unspecified atom stereocenters. The van der Waals surface area contributed by atoms with Crippen molar-refractivity contribution in [2.75, 3.05) is 5.32 Å². The molecule has 0 fully saturated rings. The quantitative estimate of drug-likeness (QED) is 0.777. The Labute approximate surface area is 92.2 Å². The Hall–Kier alpha value is -1.24. The Balaban J connectivity index is 2.10. The highest BCUT2D eigenvalue weighted by molar-refractivity contribution is 5.68. The molecule has 15 heavy (non-hydrogen) atoms. The van der Waals surface area contributed by atoms with Crippen LogP contribution in [-0.4, -0.2) is 6.04 Å². The Bertz CT molecular complexity index is 346. The molecule has 1 N–H and O–H groups in total. The molecule has 1 heteroatoms. The smallest absolute Gasteiger partial charge is 0.0342 e. The molecule has 1 aliphatic rings. The highest BCUT2D eigenvalue weighted by atomic mass is 14.9. The van der Waals surface area contributed by atoms with Crippen molar-refractivity contribution in [1.29, 1.82) is 0 Å². The molecule has 80 valence electrons. The summed E-state index contributed by atoms with van der Waals surface area (Å²) in [6.45, 7) is 4.32. The highest BCUT2D eigenvalue weighted by Crippen LogP contribution is 2.28. The monoisotopic (exact) mass is 201 g/mol. The van der Waals surface area contributed by atoms with Gasteiger partial charge in [0.2, 0.25) is 0 Å². The van der Waals surface area contributed by atoms with E-state index in [1.165, 1.54) is 36.1 Å². The van der Waals surface area contributed by atoms with Crippen LogP contribution in [-0.2, 0) is 0 Å². The lowest BCUT2D eigenvalue weighted by molar-refractivity contribution is 0.899. The van der Waals surface area contributed by atoms with Crippen LogP contribution in [0.1, 0.15) is 38.7 Å². The minimum Gasteiger partial charge on any atom is -0.383 e. The van der Waals surface area contributed by atoms with Crippen molar-refractivity contribution in [3.05, 3.63) is 35.9 Å². The minimum absolute atomic E-state index is 0.501. The molecule has 0 atom stereocenters. The largest absolute Gasteiger partial charge is 0.383 e. The third kappa shape index (κ3) is 2.62. The number of anilines is 1. The molecular weight excluding hydrogens is 182 g/mol. The fourth-order valence-electron chi connectivity index (χ4n) is 2.05. The number of nitrogens with one attached hydrogen (secondary N) is 1. The Morgan fingerprint density at radius 2 is 1.87 bits per heavy atom. The van der Waals surface area contributed by atoms with E-state index < -0.39 is 0 Å². The fourth-order valence-corrected chi connectivity index (χ4v) is 2.05. The van der Waals surface area contributed by atoms with Crippen LogP contribution in [0, 0.1) is 0 Å². The van der Waals surface area contributed by atoms with Gasteiger partial charge in [0.25, 0.3) is 0 Å². The minimum atomic E-state index is 0.501. The molecular formula is C14H19N. The predicted octanol–water partition coefficient (Wildman–Crippen LogP) is 4.07. The van der Waals surface area contributed by atoms with E-state index in [0.29, 0.717) is 6.04 Å². The molecule has 0 saturated heterocycles.